The highest BCUT2D eigenvalue weighted by atomic mass is 79.9. The number of halogens is 1. The average Bonchev–Trinajstić information content (AvgIpc) is 2.59. The number of hydrogen-bond acceptors (Lipinski definition) is 3. The molecule has 0 bridgehead atoms. The molecule has 0 spiro atoms. The van der Waals surface area contributed by atoms with Gasteiger partial charge in [-0.25, -0.2) is 0 Å². The first kappa shape index (κ1) is 8.13. The lowest BCUT2D eigenvalue weighted by Crippen LogP contribution is -2.20. The van der Waals surface area contributed by atoms with Crippen LogP contribution in [0.1, 0.15) is 11.8 Å². The van der Waals surface area contributed by atoms with Crippen molar-refractivity contribution >= 4 is 27.3 Å². The van der Waals surface area contributed by atoms with Crippen LogP contribution in [0.25, 0.3) is 0 Å². The van der Waals surface area contributed by atoms with E-state index in [1.807, 2.05) is 18.4 Å². The van der Waals surface area contributed by atoms with E-state index in [1.165, 1.54) is 0 Å². The predicted molar refractivity (Wildman–Crippen MR) is 50.7 cm³/mol. The van der Waals surface area contributed by atoms with Gasteiger partial charge in [-0.3, -0.25) is 0 Å². The van der Waals surface area contributed by atoms with E-state index in [0.29, 0.717) is 0 Å². The third-order valence-electron chi connectivity index (χ3n) is 1.66. The Morgan fingerprint density at radius 1 is 1.42 bits per heavy atom. The molecule has 4 heteroatoms. The summed E-state index contributed by atoms with van der Waals surface area (Å²) in [5, 5.41) is 2.01. The number of thiophene rings is 1. The predicted octanol–water partition coefficient (Wildman–Crippen LogP) is 3.20. The minimum Gasteiger partial charge on any atom is -0.452 e. The highest BCUT2D eigenvalue weighted by Gasteiger charge is 2.33. The van der Waals surface area contributed by atoms with E-state index >= 15 is 0 Å². The third-order valence-corrected chi connectivity index (χ3v) is 3.53. The number of ether oxygens (including phenoxy) is 2. The fourth-order valence-corrected chi connectivity index (χ4v) is 2.48. The van der Waals surface area contributed by atoms with E-state index < -0.39 is 5.79 Å². The van der Waals surface area contributed by atoms with Gasteiger partial charge < -0.3 is 9.47 Å². The molecule has 1 aromatic rings. The molecule has 12 heavy (non-hydrogen) atoms. The standard InChI is InChI=1S/C8H7BrO2S/c1-8(10-2-3-11-8)7-4-6(9)5-12-7/h2-5H,1H3. The molecule has 0 unspecified atom stereocenters. The Hall–Kier alpha value is -0.480. The Bertz CT molecular complexity index is 311. The largest absolute Gasteiger partial charge is 0.452 e. The van der Waals surface area contributed by atoms with Crippen molar-refractivity contribution in [3.63, 3.8) is 0 Å². The highest BCUT2D eigenvalue weighted by molar-refractivity contribution is 9.10. The molecule has 0 saturated heterocycles. The van der Waals surface area contributed by atoms with Gasteiger partial charge in [0.05, 0.1) is 4.88 Å². The zero-order valence-corrected chi connectivity index (χ0v) is 8.81. The number of rotatable bonds is 1. The van der Waals surface area contributed by atoms with Crippen molar-refractivity contribution in [3.8, 4) is 0 Å². The van der Waals surface area contributed by atoms with Crippen molar-refractivity contribution < 1.29 is 9.47 Å². The van der Waals surface area contributed by atoms with Crippen LogP contribution in [0.2, 0.25) is 0 Å². The smallest absolute Gasteiger partial charge is 0.283 e. The zero-order chi connectivity index (χ0) is 8.60. The molecule has 64 valence electrons. The molecular weight excluding hydrogens is 240 g/mol. The summed E-state index contributed by atoms with van der Waals surface area (Å²) in [4.78, 5) is 1.05. The fourth-order valence-electron chi connectivity index (χ4n) is 1.01. The minimum atomic E-state index is -0.614. The molecule has 1 aliphatic heterocycles. The molecule has 0 saturated carbocycles. The van der Waals surface area contributed by atoms with E-state index in [0.717, 1.165) is 9.35 Å². The zero-order valence-electron chi connectivity index (χ0n) is 6.41. The lowest BCUT2D eigenvalue weighted by atomic mass is 10.2. The molecule has 0 amide bonds. The first-order chi connectivity index (χ1) is 5.71. The molecule has 0 N–H and O–H groups in total. The van der Waals surface area contributed by atoms with Crippen LogP contribution in [-0.4, -0.2) is 0 Å². The molecule has 0 fully saturated rings. The van der Waals surface area contributed by atoms with Gasteiger partial charge in [0.1, 0.15) is 12.5 Å². The van der Waals surface area contributed by atoms with Gasteiger partial charge in [-0.2, -0.15) is 0 Å². The Kier molecular flexibility index (Phi) is 1.88. The quantitative estimate of drug-likeness (QED) is 0.758. The van der Waals surface area contributed by atoms with Gasteiger partial charge in [0, 0.05) is 16.8 Å². The maximum Gasteiger partial charge on any atom is 0.283 e. The van der Waals surface area contributed by atoms with E-state index in [4.69, 9.17) is 9.47 Å². The normalized spacial score (nSPS) is 18.8. The average molecular weight is 247 g/mol. The van der Waals surface area contributed by atoms with Crippen molar-refractivity contribution in [2.45, 2.75) is 12.7 Å². The van der Waals surface area contributed by atoms with Gasteiger partial charge in [-0.15, -0.1) is 11.3 Å². The molecule has 0 aromatic carbocycles. The first-order valence-corrected chi connectivity index (χ1v) is 5.13. The van der Waals surface area contributed by atoms with Gasteiger partial charge in [0.25, 0.3) is 5.79 Å². The second-order valence-corrected chi connectivity index (χ2v) is 4.41. The van der Waals surface area contributed by atoms with Gasteiger partial charge in [-0.1, -0.05) is 0 Å². The molecule has 2 nitrogen and oxygen atoms in total. The van der Waals surface area contributed by atoms with Crippen LogP contribution in [0.5, 0.6) is 0 Å². The summed E-state index contributed by atoms with van der Waals surface area (Å²) in [7, 11) is 0. The lowest BCUT2D eigenvalue weighted by molar-refractivity contribution is -0.130. The first-order valence-electron chi connectivity index (χ1n) is 3.46. The van der Waals surface area contributed by atoms with Crippen LogP contribution in [-0.2, 0) is 15.3 Å². The molecule has 0 radical (unpaired) electrons. The summed E-state index contributed by atoms with van der Waals surface area (Å²) in [5.41, 5.74) is 0. The number of hydrogen-bond donors (Lipinski definition) is 0. The summed E-state index contributed by atoms with van der Waals surface area (Å²) in [5.74, 6) is -0.614. The van der Waals surface area contributed by atoms with E-state index in [2.05, 4.69) is 15.9 Å². The fraction of sp³-hybridized carbons (Fsp3) is 0.250. The van der Waals surface area contributed by atoms with Crippen LogP contribution in [0, 0.1) is 0 Å². The molecule has 2 heterocycles. The third kappa shape index (κ3) is 1.25. The second-order valence-electron chi connectivity index (χ2n) is 2.58. The molecule has 0 aliphatic carbocycles. The maximum atomic E-state index is 5.33. The van der Waals surface area contributed by atoms with Crippen molar-refractivity contribution in [2.24, 2.45) is 0 Å². The van der Waals surface area contributed by atoms with Crippen LogP contribution >= 0.6 is 27.3 Å². The molecule has 0 atom stereocenters. The van der Waals surface area contributed by atoms with E-state index in [1.54, 1.807) is 23.9 Å². The lowest BCUT2D eigenvalue weighted by Gasteiger charge is -2.20. The van der Waals surface area contributed by atoms with Gasteiger partial charge in [-0.05, 0) is 22.0 Å². The summed E-state index contributed by atoms with van der Waals surface area (Å²) in [6.07, 6.45) is 3.13. The highest BCUT2D eigenvalue weighted by Crippen LogP contribution is 2.36. The van der Waals surface area contributed by atoms with E-state index in [-0.39, 0.29) is 0 Å². The Balaban J connectivity index is 2.30. The topological polar surface area (TPSA) is 18.5 Å². The molecular formula is C8H7BrO2S. The summed E-state index contributed by atoms with van der Waals surface area (Å²) >= 11 is 4.99. The SMILES string of the molecule is CC1(c2cc(Br)cs2)OC=CO1. The van der Waals surface area contributed by atoms with Crippen molar-refractivity contribution in [1.29, 1.82) is 0 Å². The molecule has 2 rings (SSSR count). The molecule has 1 aliphatic rings. The Morgan fingerprint density at radius 3 is 2.58 bits per heavy atom. The van der Waals surface area contributed by atoms with Crippen LogP contribution < -0.4 is 0 Å². The van der Waals surface area contributed by atoms with Gasteiger partial charge in [0.15, 0.2) is 0 Å². The van der Waals surface area contributed by atoms with Gasteiger partial charge >= 0.3 is 0 Å². The summed E-state index contributed by atoms with van der Waals surface area (Å²) in [6.45, 7) is 1.89. The summed E-state index contributed by atoms with van der Waals surface area (Å²) < 4.78 is 11.7. The monoisotopic (exact) mass is 246 g/mol. The Morgan fingerprint density at radius 2 is 2.08 bits per heavy atom. The second kappa shape index (κ2) is 2.78. The summed E-state index contributed by atoms with van der Waals surface area (Å²) in [6, 6.07) is 2.00. The van der Waals surface area contributed by atoms with Crippen LogP contribution in [0.3, 0.4) is 0 Å². The van der Waals surface area contributed by atoms with Crippen molar-refractivity contribution in [3.05, 3.63) is 33.3 Å². The van der Waals surface area contributed by atoms with E-state index in [9.17, 15) is 0 Å². The maximum absolute atomic E-state index is 5.33. The van der Waals surface area contributed by atoms with Crippen molar-refractivity contribution in [2.75, 3.05) is 0 Å². The Labute approximate surface area is 82.9 Å². The minimum absolute atomic E-state index is 0.614. The molecule has 1 aromatic heterocycles. The van der Waals surface area contributed by atoms with Crippen LogP contribution in [0.4, 0.5) is 0 Å². The van der Waals surface area contributed by atoms with Gasteiger partial charge in [0.2, 0.25) is 0 Å². The van der Waals surface area contributed by atoms with Crippen molar-refractivity contribution in [1.82, 2.24) is 0 Å². The van der Waals surface area contributed by atoms with Crippen LogP contribution in [0.15, 0.2) is 28.4 Å².